The first-order chi connectivity index (χ1) is 24.2. The van der Waals surface area contributed by atoms with Gasteiger partial charge in [0.1, 0.15) is 11.2 Å². The summed E-state index contributed by atoms with van der Waals surface area (Å²) in [6.45, 7) is 0. The van der Waals surface area contributed by atoms with Crippen molar-refractivity contribution in [2.45, 2.75) is 12.3 Å². The smallest absolute Gasteiger partial charge is 0.164 e. The highest BCUT2D eigenvalue weighted by Gasteiger charge is 2.20. The molecule has 0 amide bonds. The van der Waals surface area contributed by atoms with Crippen LogP contribution < -0.4 is 0 Å². The normalized spacial score (nSPS) is 14.7. The zero-order valence-corrected chi connectivity index (χ0v) is 26.5. The lowest BCUT2D eigenvalue weighted by Crippen LogP contribution is -2.05. The summed E-state index contributed by atoms with van der Waals surface area (Å²) in [6, 6.07) is 48.9. The molecular weight excluding hydrogens is 599 g/mol. The summed E-state index contributed by atoms with van der Waals surface area (Å²) in [5, 5.41) is 9.49. The van der Waals surface area contributed by atoms with Crippen molar-refractivity contribution in [2.24, 2.45) is 0 Å². The van der Waals surface area contributed by atoms with E-state index >= 15 is 0 Å². The maximum atomic E-state index is 6.23. The number of fused-ring (bicyclic) bond motifs is 7. The van der Waals surface area contributed by atoms with Crippen molar-refractivity contribution in [3.05, 3.63) is 169 Å². The summed E-state index contributed by atoms with van der Waals surface area (Å²) in [4.78, 5) is 15.4. The van der Waals surface area contributed by atoms with Gasteiger partial charge in [-0.15, -0.1) is 0 Å². The molecule has 4 heteroatoms. The van der Waals surface area contributed by atoms with Gasteiger partial charge in [0.2, 0.25) is 0 Å². The van der Waals surface area contributed by atoms with E-state index in [2.05, 4.69) is 127 Å². The average Bonchev–Trinajstić information content (AvgIpc) is 3.56. The quantitative estimate of drug-likeness (QED) is 0.182. The maximum Gasteiger partial charge on any atom is 0.164 e. The van der Waals surface area contributed by atoms with Crippen LogP contribution in [0.1, 0.15) is 23.7 Å². The third-order valence-corrected chi connectivity index (χ3v) is 9.84. The fourth-order valence-electron chi connectivity index (χ4n) is 7.33. The summed E-state index contributed by atoms with van der Waals surface area (Å²) in [5.41, 5.74) is 5.85. The van der Waals surface area contributed by atoms with Gasteiger partial charge in [-0.2, -0.15) is 0 Å². The predicted octanol–water partition coefficient (Wildman–Crippen LogP) is 11.7. The van der Waals surface area contributed by atoms with Crippen LogP contribution in [-0.2, 0) is 0 Å². The van der Waals surface area contributed by atoms with Crippen molar-refractivity contribution in [1.29, 1.82) is 0 Å². The monoisotopic (exact) mass is 627 g/mol. The van der Waals surface area contributed by atoms with Crippen LogP contribution in [0, 0.1) is 0 Å². The minimum Gasteiger partial charge on any atom is -0.456 e. The van der Waals surface area contributed by atoms with Crippen molar-refractivity contribution in [3.8, 4) is 22.8 Å². The van der Waals surface area contributed by atoms with Gasteiger partial charge in [-0.3, -0.25) is 0 Å². The highest BCUT2D eigenvalue weighted by atomic mass is 16.3. The van der Waals surface area contributed by atoms with Crippen LogP contribution in [0.15, 0.2) is 162 Å². The fraction of sp³-hybridized carbons (Fsp3) is 0.0444. The van der Waals surface area contributed by atoms with Crippen LogP contribution >= 0.6 is 0 Å². The standard InChI is InChI=1S/C45H29N3O/c1-2-10-33-26-35(25-18-28(33)8-1)44-46-43(47-45(48-44)38-13-7-15-41-42(38)37-12-5-6-14-40(37)49-41)32-22-16-29(17-23-32)34-24-21-31-20-19-30-9-3-4-11-36(30)39(31)27-34/h1-16,18-27,29H,17H2. The van der Waals surface area contributed by atoms with E-state index in [1.807, 2.05) is 30.3 Å². The predicted molar refractivity (Wildman–Crippen MR) is 201 cm³/mol. The van der Waals surface area contributed by atoms with Crippen LogP contribution in [0.25, 0.3) is 82.6 Å². The van der Waals surface area contributed by atoms with Crippen molar-refractivity contribution >= 4 is 59.8 Å². The van der Waals surface area contributed by atoms with E-state index < -0.39 is 0 Å². The second-order valence-corrected chi connectivity index (χ2v) is 12.8. The minimum atomic E-state index is 0.263. The Kier molecular flexibility index (Phi) is 6.28. The van der Waals surface area contributed by atoms with E-state index in [4.69, 9.17) is 19.4 Å². The number of nitrogens with zero attached hydrogens (tertiary/aromatic N) is 3. The number of hydrogen-bond acceptors (Lipinski definition) is 4. The topological polar surface area (TPSA) is 51.8 Å². The molecule has 0 saturated carbocycles. The summed E-state index contributed by atoms with van der Waals surface area (Å²) in [7, 11) is 0. The molecule has 1 aliphatic carbocycles. The van der Waals surface area contributed by atoms with Crippen LogP contribution in [0.3, 0.4) is 0 Å². The Hall–Kier alpha value is -6.39. The molecule has 1 aliphatic rings. The SMILES string of the molecule is C1=CC(c2ccc3ccc4ccccc4c3c2)CC=C1c1nc(-c2ccc3ccccc3c2)nc(-c2cccc3oc4ccccc4c23)n1. The number of benzene rings is 7. The number of furan rings is 1. The molecule has 7 aromatic carbocycles. The van der Waals surface area contributed by atoms with Crippen molar-refractivity contribution < 1.29 is 4.42 Å². The molecule has 0 fully saturated rings. The van der Waals surface area contributed by atoms with Gasteiger partial charge >= 0.3 is 0 Å². The van der Waals surface area contributed by atoms with Crippen molar-refractivity contribution in [2.75, 3.05) is 0 Å². The Labute approximate surface area is 282 Å². The first-order valence-electron chi connectivity index (χ1n) is 16.7. The van der Waals surface area contributed by atoms with Gasteiger partial charge in [0.25, 0.3) is 0 Å². The molecule has 0 saturated heterocycles. The lowest BCUT2D eigenvalue weighted by molar-refractivity contribution is 0.669. The van der Waals surface area contributed by atoms with E-state index in [1.54, 1.807) is 0 Å². The molecule has 49 heavy (non-hydrogen) atoms. The largest absolute Gasteiger partial charge is 0.456 e. The zero-order valence-electron chi connectivity index (χ0n) is 26.5. The highest BCUT2D eigenvalue weighted by Crippen LogP contribution is 2.38. The Morgan fingerprint density at radius 2 is 1.20 bits per heavy atom. The van der Waals surface area contributed by atoms with Gasteiger partial charge in [-0.25, -0.2) is 15.0 Å². The molecule has 0 bridgehead atoms. The number of aromatic nitrogens is 3. The summed E-state index contributed by atoms with van der Waals surface area (Å²) in [5.74, 6) is 2.20. The molecule has 0 spiro atoms. The second-order valence-electron chi connectivity index (χ2n) is 12.8. The molecule has 4 nitrogen and oxygen atoms in total. The van der Waals surface area contributed by atoms with Crippen LogP contribution in [0.2, 0.25) is 0 Å². The Morgan fingerprint density at radius 3 is 2.08 bits per heavy atom. The first kappa shape index (κ1) is 27.7. The zero-order chi connectivity index (χ0) is 32.3. The molecule has 2 heterocycles. The average molecular weight is 628 g/mol. The summed E-state index contributed by atoms with van der Waals surface area (Å²) in [6.07, 6.45) is 7.61. The molecule has 1 unspecified atom stereocenters. The summed E-state index contributed by atoms with van der Waals surface area (Å²) >= 11 is 0. The number of allylic oxidation sites excluding steroid dienone is 4. The molecule has 2 aromatic heterocycles. The molecular formula is C45H29N3O. The molecule has 1 atom stereocenters. The Bertz CT molecular complexity index is 2820. The number of rotatable bonds is 4. The van der Waals surface area contributed by atoms with Crippen LogP contribution in [0.4, 0.5) is 0 Å². The van der Waals surface area contributed by atoms with Gasteiger partial charge in [-0.1, -0.05) is 133 Å². The highest BCUT2D eigenvalue weighted by molar-refractivity contribution is 6.12. The fourth-order valence-corrected chi connectivity index (χ4v) is 7.33. The van der Waals surface area contributed by atoms with E-state index in [1.165, 1.54) is 32.5 Å². The Morgan fingerprint density at radius 1 is 0.510 bits per heavy atom. The molecule has 10 rings (SSSR count). The van der Waals surface area contributed by atoms with Gasteiger partial charge in [-0.05, 0) is 68.6 Å². The van der Waals surface area contributed by atoms with E-state index in [-0.39, 0.29) is 5.92 Å². The van der Waals surface area contributed by atoms with Crippen LogP contribution in [0.5, 0.6) is 0 Å². The second kappa shape index (κ2) is 11.1. The molecule has 0 radical (unpaired) electrons. The maximum absolute atomic E-state index is 6.23. The van der Waals surface area contributed by atoms with Crippen molar-refractivity contribution in [3.63, 3.8) is 0 Å². The third-order valence-electron chi connectivity index (χ3n) is 9.84. The summed E-state index contributed by atoms with van der Waals surface area (Å²) < 4.78 is 6.23. The lowest BCUT2D eigenvalue weighted by atomic mass is 9.88. The van der Waals surface area contributed by atoms with Crippen LogP contribution in [-0.4, -0.2) is 15.0 Å². The van der Waals surface area contributed by atoms with Crippen molar-refractivity contribution in [1.82, 2.24) is 15.0 Å². The van der Waals surface area contributed by atoms with Gasteiger partial charge in [0.15, 0.2) is 17.5 Å². The lowest BCUT2D eigenvalue weighted by Gasteiger charge is -2.18. The molecule has 0 aliphatic heterocycles. The van der Waals surface area contributed by atoms with Gasteiger partial charge < -0.3 is 4.42 Å². The van der Waals surface area contributed by atoms with Gasteiger partial charge in [0, 0.05) is 33.4 Å². The Balaban J connectivity index is 1.09. The van der Waals surface area contributed by atoms with E-state index in [0.29, 0.717) is 17.5 Å². The first-order valence-corrected chi connectivity index (χ1v) is 16.7. The number of hydrogen-bond donors (Lipinski definition) is 0. The van der Waals surface area contributed by atoms with E-state index in [9.17, 15) is 0 Å². The minimum absolute atomic E-state index is 0.263. The third kappa shape index (κ3) is 4.72. The molecule has 230 valence electrons. The number of para-hydroxylation sites is 1. The van der Waals surface area contributed by atoms with E-state index in [0.717, 1.165) is 50.4 Å². The van der Waals surface area contributed by atoms with Gasteiger partial charge in [0.05, 0.1) is 0 Å². The molecule has 9 aromatic rings. The molecule has 0 N–H and O–H groups in total.